The Balaban J connectivity index is 1.32. The SMILES string of the molecule is O=C(c1nnc2n1CCCCC2)N1C[C@H]2C[C@@H](n3cccn3)[C@H](O)C[C@H]2C1. The van der Waals surface area contributed by atoms with Gasteiger partial charge >= 0.3 is 0 Å². The zero-order chi connectivity index (χ0) is 18.4. The van der Waals surface area contributed by atoms with Crippen LogP contribution >= 0.6 is 0 Å². The number of likely N-dealkylation sites (tertiary alicyclic amines) is 1. The fourth-order valence-electron chi connectivity index (χ4n) is 5.12. The third-order valence-corrected chi connectivity index (χ3v) is 6.56. The Kier molecular flexibility index (Phi) is 4.22. The molecule has 1 N–H and O–H groups in total. The lowest BCUT2D eigenvalue weighted by molar-refractivity contribution is 0.0306. The molecule has 0 bridgehead atoms. The summed E-state index contributed by atoms with van der Waals surface area (Å²) in [5.74, 6) is 2.19. The standard InChI is InChI=1S/C19H26N6O2/c26-16-10-14-12-23(11-13(14)9-15(16)25-8-4-6-20-25)19(27)18-22-21-17-5-2-1-3-7-24(17)18/h4,6,8,13-16,26H,1-3,5,7,9-12H2/t13-,14+,15-,16-/m1/s1. The van der Waals surface area contributed by atoms with Gasteiger partial charge in [-0.25, -0.2) is 0 Å². The largest absolute Gasteiger partial charge is 0.391 e. The summed E-state index contributed by atoms with van der Waals surface area (Å²) in [5.41, 5.74) is 0. The fourth-order valence-corrected chi connectivity index (χ4v) is 5.12. The normalized spacial score (nSPS) is 30.6. The second-order valence-electron chi connectivity index (χ2n) is 8.22. The van der Waals surface area contributed by atoms with Crippen LogP contribution < -0.4 is 0 Å². The predicted molar refractivity (Wildman–Crippen MR) is 97.0 cm³/mol. The first-order valence-electron chi connectivity index (χ1n) is 10.1. The van der Waals surface area contributed by atoms with Crippen molar-refractivity contribution in [1.82, 2.24) is 29.4 Å². The molecular formula is C19H26N6O2. The maximum Gasteiger partial charge on any atom is 0.291 e. The van der Waals surface area contributed by atoms with Gasteiger partial charge in [0, 0.05) is 38.4 Å². The van der Waals surface area contributed by atoms with Gasteiger partial charge in [0.1, 0.15) is 5.82 Å². The molecule has 2 aliphatic heterocycles. The molecule has 4 heterocycles. The molecule has 1 saturated carbocycles. The summed E-state index contributed by atoms with van der Waals surface area (Å²) < 4.78 is 3.89. The van der Waals surface area contributed by atoms with Crippen LogP contribution in [0.15, 0.2) is 18.5 Å². The van der Waals surface area contributed by atoms with Crippen LogP contribution in [-0.2, 0) is 13.0 Å². The highest BCUT2D eigenvalue weighted by Crippen LogP contribution is 2.41. The van der Waals surface area contributed by atoms with E-state index in [-0.39, 0.29) is 11.9 Å². The van der Waals surface area contributed by atoms with E-state index >= 15 is 0 Å². The van der Waals surface area contributed by atoms with Gasteiger partial charge in [-0.05, 0) is 43.6 Å². The van der Waals surface area contributed by atoms with Gasteiger partial charge < -0.3 is 14.6 Å². The number of fused-ring (bicyclic) bond motifs is 2. The van der Waals surface area contributed by atoms with Gasteiger partial charge in [-0.3, -0.25) is 9.48 Å². The topological polar surface area (TPSA) is 89.1 Å². The molecular weight excluding hydrogens is 344 g/mol. The highest BCUT2D eigenvalue weighted by atomic mass is 16.3. The van der Waals surface area contributed by atoms with Crippen molar-refractivity contribution in [3.63, 3.8) is 0 Å². The van der Waals surface area contributed by atoms with Crippen LogP contribution in [0.1, 0.15) is 54.6 Å². The molecule has 1 amide bonds. The van der Waals surface area contributed by atoms with Crippen LogP contribution in [0.5, 0.6) is 0 Å². The number of amides is 1. The molecule has 0 unspecified atom stereocenters. The average Bonchev–Trinajstić information content (AvgIpc) is 3.37. The van der Waals surface area contributed by atoms with E-state index in [1.54, 1.807) is 6.20 Å². The van der Waals surface area contributed by atoms with Crippen molar-refractivity contribution >= 4 is 5.91 Å². The van der Waals surface area contributed by atoms with Crippen molar-refractivity contribution in [3.05, 3.63) is 30.1 Å². The molecule has 8 nitrogen and oxygen atoms in total. The Hall–Kier alpha value is -2.22. The van der Waals surface area contributed by atoms with E-state index in [4.69, 9.17) is 0 Å². The Morgan fingerprint density at radius 3 is 2.78 bits per heavy atom. The Bertz CT molecular complexity index is 816. The van der Waals surface area contributed by atoms with Gasteiger partial charge in [-0.2, -0.15) is 5.10 Å². The molecule has 0 spiro atoms. The number of hydrogen-bond acceptors (Lipinski definition) is 5. The summed E-state index contributed by atoms with van der Waals surface area (Å²) in [5, 5.41) is 23.4. The summed E-state index contributed by atoms with van der Waals surface area (Å²) in [6.45, 7) is 2.27. The molecule has 1 aliphatic carbocycles. The van der Waals surface area contributed by atoms with Gasteiger partial charge in [0.25, 0.3) is 5.91 Å². The van der Waals surface area contributed by atoms with Crippen molar-refractivity contribution in [2.75, 3.05) is 13.1 Å². The van der Waals surface area contributed by atoms with Crippen LogP contribution in [0.4, 0.5) is 0 Å². The number of aliphatic hydroxyl groups excluding tert-OH is 1. The van der Waals surface area contributed by atoms with Crippen LogP contribution in [0, 0.1) is 11.8 Å². The third kappa shape index (κ3) is 2.96. The van der Waals surface area contributed by atoms with E-state index in [1.165, 1.54) is 6.42 Å². The zero-order valence-corrected chi connectivity index (χ0v) is 15.4. The van der Waals surface area contributed by atoms with Crippen molar-refractivity contribution in [2.45, 2.75) is 57.2 Å². The van der Waals surface area contributed by atoms with Crippen LogP contribution in [0.3, 0.4) is 0 Å². The first-order valence-corrected chi connectivity index (χ1v) is 10.1. The minimum Gasteiger partial charge on any atom is -0.391 e. The van der Waals surface area contributed by atoms with Crippen LogP contribution in [-0.4, -0.2) is 59.7 Å². The molecule has 2 aromatic rings. The summed E-state index contributed by atoms with van der Waals surface area (Å²) in [6, 6.07) is 1.89. The molecule has 2 fully saturated rings. The lowest BCUT2D eigenvalue weighted by Crippen LogP contribution is -2.36. The molecule has 8 heteroatoms. The summed E-state index contributed by atoms with van der Waals surface area (Å²) in [7, 11) is 0. The highest BCUT2D eigenvalue weighted by Gasteiger charge is 2.44. The average molecular weight is 370 g/mol. The maximum atomic E-state index is 13.1. The monoisotopic (exact) mass is 370 g/mol. The van der Waals surface area contributed by atoms with Crippen LogP contribution in [0.25, 0.3) is 0 Å². The Labute approximate surface area is 158 Å². The lowest BCUT2D eigenvalue weighted by atomic mass is 9.77. The fraction of sp³-hybridized carbons (Fsp3) is 0.684. The second-order valence-corrected chi connectivity index (χ2v) is 8.22. The number of carbonyl (C=O) groups is 1. The van der Waals surface area contributed by atoms with Crippen molar-refractivity contribution < 1.29 is 9.90 Å². The van der Waals surface area contributed by atoms with Gasteiger partial charge in [0.15, 0.2) is 0 Å². The summed E-state index contributed by atoms with van der Waals surface area (Å²) in [6.07, 6.45) is 9.11. The quantitative estimate of drug-likeness (QED) is 0.860. The molecule has 1 saturated heterocycles. The Morgan fingerprint density at radius 2 is 1.96 bits per heavy atom. The van der Waals surface area contributed by atoms with Gasteiger partial charge in [0.05, 0.1) is 12.1 Å². The maximum absolute atomic E-state index is 13.1. The third-order valence-electron chi connectivity index (χ3n) is 6.56. The molecule has 5 rings (SSSR count). The van der Waals surface area contributed by atoms with Gasteiger partial charge in [-0.1, -0.05) is 6.42 Å². The molecule has 0 aromatic carbocycles. The van der Waals surface area contributed by atoms with Crippen molar-refractivity contribution in [2.24, 2.45) is 11.8 Å². The van der Waals surface area contributed by atoms with E-state index in [0.717, 1.165) is 51.0 Å². The Morgan fingerprint density at radius 1 is 1.11 bits per heavy atom. The molecule has 27 heavy (non-hydrogen) atoms. The number of aromatic nitrogens is 5. The molecule has 144 valence electrons. The summed E-state index contributed by atoms with van der Waals surface area (Å²) >= 11 is 0. The van der Waals surface area contributed by atoms with E-state index < -0.39 is 6.10 Å². The molecule has 3 aliphatic rings. The van der Waals surface area contributed by atoms with Crippen LogP contribution in [0.2, 0.25) is 0 Å². The molecule has 2 aromatic heterocycles. The number of hydrogen-bond donors (Lipinski definition) is 1. The highest BCUT2D eigenvalue weighted by molar-refractivity contribution is 5.91. The second kappa shape index (κ2) is 6.74. The number of aliphatic hydroxyl groups is 1. The van der Waals surface area contributed by atoms with E-state index in [9.17, 15) is 9.90 Å². The number of aryl methyl sites for hydroxylation is 1. The first kappa shape index (κ1) is 16.9. The van der Waals surface area contributed by atoms with Crippen molar-refractivity contribution in [1.29, 1.82) is 0 Å². The minimum atomic E-state index is -0.412. The number of nitrogens with zero attached hydrogens (tertiary/aromatic N) is 6. The molecule has 0 radical (unpaired) electrons. The van der Waals surface area contributed by atoms with Gasteiger partial charge in [0.2, 0.25) is 5.82 Å². The van der Waals surface area contributed by atoms with Crippen molar-refractivity contribution in [3.8, 4) is 0 Å². The first-order chi connectivity index (χ1) is 13.2. The summed E-state index contributed by atoms with van der Waals surface area (Å²) in [4.78, 5) is 15.1. The number of carbonyl (C=O) groups excluding carboxylic acids is 1. The zero-order valence-electron chi connectivity index (χ0n) is 15.4. The molecule has 4 atom stereocenters. The minimum absolute atomic E-state index is 0.000617. The van der Waals surface area contributed by atoms with E-state index in [0.29, 0.717) is 24.2 Å². The van der Waals surface area contributed by atoms with Gasteiger partial charge in [-0.15, -0.1) is 10.2 Å². The smallest absolute Gasteiger partial charge is 0.291 e. The number of rotatable bonds is 2. The van der Waals surface area contributed by atoms with E-state index in [1.807, 2.05) is 26.4 Å². The van der Waals surface area contributed by atoms with E-state index in [2.05, 4.69) is 15.3 Å². The lowest BCUT2D eigenvalue weighted by Gasteiger charge is -2.35. The predicted octanol–water partition coefficient (Wildman–Crippen LogP) is 1.29.